The quantitative estimate of drug-likeness (QED) is 0.137. The first-order chi connectivity index (χ1) is 19.0. The van der Waals surface area contributed by atoms with Crippen LogP contribution in [-0.4, -0.2) is 15.5 Å². The molecule has 7 rings (SSSR count). The van der Waals surface area contributed by atoms with E-state index >= 15 is 0 Å². The first-order valence-corrected chi connectivity index (χ1v) is 14.1. The number of aryl methyl sites for hydroxylation is 1. The molecular formula is C33H20N2O2S2. The third kappa shape index (κ3) is 3.83. The molecule has 0 bridgehead atoms. The van der Waals surface area contributed by atoms with Crippen LogP contribution in [0.4, 0.5) is 0 Å². The van der Waals surface area contributed by atoms with E-state index in [-0.39, 0.29) is 5.57 Å². The van der Waals surface area contributed by atoms with Crippen LogP contribution in [0, 0.1) is 18.3 Å². The highest BCUT2D eigenvalue weighted by atomic mass is 32.1. The average molecular weight is 541 g/mol. The van der Waals surface area contributed by atoms with E-state index in [9.17, 15) is 4.79 Å². The Labute approximate surface area is 231 Å². The number of hydrogen-bond acceptors (Lipinski definition) is 4. The molecule has 0 aliphatic heterocycles. The van der Waals surface area contributed by atoms with Crippen LogP contribution in [0.15, 0.2) is 96.6 Å². The van der Waals surface area contributed by atoms with E-state index in [1.165, 1.54) is 61.1 Å². The molecule has 186 valence electrons. The maximum Gasteiger partial charge on any atom is 0.346 e. The molecule has 1 N–H and O–H groups in total. The van der Waals surface area contributed by atoms with Gasteiger partial charge in [0, 0.05) is 35.7 Å². The molecule has 3 aromatic carbocycles. The van der Waals surface area contributed by atoms with Gasteiger partial charge in [0.05, 0.1) is 16.6 Å². The summed E-state index contributed by atoms with van der Waals surface area (Å²) in [5.74, 6) is -1.21. The highest BCUT2D eigenvalue weighted by molar-refractivity contribution is 7.24. The standard InChI is InChI=1S/C33H20N2O2S2/c1-19-6-9-27-21(14-19)17-29-25-5-3-2-4-24(25)26-16-20(7-10-28(26)35(27)29)30-12-13-32(39-30)31-11-8-23(38-31)15-22(18-34)33(36)37/h2-17H,1H3,(H,36,37)/b22-15-. The Morgan fingerprint density at radius 2 is 1.54 bits per heavy atom. The van der Waals surface area contributed by atoms with Crippen molar-refractivity contribution < 1.29 is 9.90 Å². The zero-order valence-corrected chi connectivity index (χ0v) is 22.4. The fraction of sp³-hybridized carbons (Fsp3) is 0.0303. The Bertz CT molecular complexity index is 2190. The number of benzene rings is 3. The SMILES string of the molecule is Cc1ccc2c(c1)cc1c3ccccc3c3cc(-c4ccc(-c5ccc(/C=C(/C#N)C(=O)O)s5)s4)ccc3n21. The van der Waals surface area contributed by atoms with Gasteiger partial charge in [-0.3, -0.25) is 0 Å². The van der Waals surface area contributed by atoms with Gasteiger partial charge in [-0.15, -0.1) is 22.7 Å². The van der Waals surface area contributed by atoms with Gasteiger partial charge in [0.15, 0.2) is 0 Å². The number of hydrogen-bond donors (Lipinski definition) is 1. The number of pyridine rings is 1. The Morgan fingerprint density at radius 3 is 2.36 bits per heavy atom. The molecule has 4 heterocycles. The van der Waals surface area contributed by atoms with Gasteiger partial charge >= 0.3 is 5.97 Å². The number of aliphatic carboxylic acids is 1. The lowest BCUT2D eigenvalue weighted by Gasteiger charge is -2.11. The maximum absolute atomic E-state index is 11.2. The van der Waals surface area contributed by atoms with Gasteiger partial charge in [-0.05, 0) is 78.5 Å². The van der Waals surface area contributed by atoms with Crippen molar-refractivity contribution in [2.75, 3.05) is 0 Å². The molecule has 4 nitrogen and oxygen atoms in total. The van der Waals surface area contributed by atoms with E-state index in [2.05, 4.69) is 90.2 Å². The van der Waals surface area contributed by atoms with Crippen molar-refractivity contribution in [3.05, 3.63) is 107 Å². The average Bonchev–Trinajstić information content (AvgIpc) is 3.69. The number of carboxylic acids is 1. The summed E-state index contributed by atoms with van der Waals surface area (Å²) in [6.45, 7) is 2.13. The fourth-order valence-electron chi connectivity index (χ4n) is 5.31. The fourth-order valence-corrected chi connectivity index (χ4v) is 7.35. The number of nitriles is 1. The largest absolute Gasteiger partial charge is 0.477 e. The van der Waals surface area contributed by atoms with Crippen LogP contribution in [0.2, 0.25) is 0 Å². The van der Waals surface area contributed by atoms with Crippen molar-refractivity contribution >= 4 is 72.8 Å². The second-order valence-electron chi connectivity index (χ2n) is 9.55. The molecule has 0 radical (unpaired) electrons. The van der Waals surface area contributed by atoms with Crippen LogP contribution in [-0.2, 0) is 4.79 Å². The molecule has 0 amide bonds. The number of carbonyl (C=O) groups is 1. The van der Waals surface area contributed by atoms with Gasteiger partial charge < -0.3 is 9.51 Å². The summed E-state index contributed by atoms with van der Waals surface area (Å²) in [5, 5.41) is 23.2. The van der Waals surface area contributed by atoms with Crippen molar-refractivity contribution in [3.8, 4) is 26.3 Å². The predicted octanol–water partition coefficient (Wildman–Crippen LogP) is 9.16. The lowest BCUT2D eigenvalue weighted by molar-refractivity contribution is -0.132. The van der Waals surface area contributed by atoms with Crippen LogP contribution >= 0.6 is 22.7 Å². The summed E-state index contributed by atoms with van der Waals surface area (Å²) < 4.78 is 2.38. The highest BCUT2D eigenvalue weighted by Crippen LogP contribution is 2.41. The smallest absolute Gasteiger partial charge is 0.346 e. The van der Waals surface area contributed by atoms with E-state index in [0.717, 1.165) is 25.1 Å². The first kappa shape index (κ1) is 23.4. The van der Waals surface area contributed by atoms with E-state index in [4.69, 9.17) is 10.4 Å². The molecule has 0 atom stereocenters. The molecular weight excluding hydrogens is 521 g/mol. The van der Waals surface area contributed by atoms with Gasteiger partial charge in [-0.25, -0.2) is 4.79 Å². The number of aromatic nitrogens is 1. The Kier molecular flexibility index (Phi) is 5.38. The molecule has 0 spiro atoms. The molecule has 0 saturated carbocycles. The lowest BCUT2D eigenvalue weighted by atomic mass is 10.0. The molecule has 0 aliphatic rings. The molecule has 4 aromatic heterocycles. The first-order valence-electron chi connectivity index (χ1n) is 12.4. The van der Waals surface area contributed by atoms with Crippen molar-refractivity contribution in [2.24, 2.45) is 0 Å². The monoisotopic (exact) mass is 540 g/mol. The van der Waals surface area contributed by atoms with Crippen LogP contribution in [0.3, 0.4) is 0 Å². The van der Waals surface area contributed by atoms with Crippen LogP contribution in [0.1, 0.15) is 10.4 Å². The van der Waals surface area contributed by atoms with E-state index in [1.54, 1.807) is 17.4 Å². The van der Waals surface area contributed by atoms with Gasteiger partial charge in [-0.1, -0.05) is 42.0 Å². The number of carboxylic acid groups (broad SMARTS) is 1. The minimum absolute atomic E-state index is 0.265. The molecule has 6 heteroatoms. The third-order valence-corrected chi connectivity index (χ3v) is 9.45. The molecule has 0 unspecified atom stereocenters. The van der Waals surface area contributed by atoms with E-state index in [1.807, 2.05) is 12.1 Å². The lowest BCUT2D eigenvalue weighted by Crippen LogP contribution is -1.96. The third-order valence-electron chi connectivity index (χ3n) is 7.09. The topological polar surface area (TPSA) is 65.5 Å². The number of fused-ring (bicyclic) bond motifs is 8. The molecule has 0 fully saturated rings. The number of thiophene rings is 2. The zero-order valence-electron chi connectivity index (χ0n) is 20.8. The number of rotatable bonds is 4. The van der Waals surface area contributed by atoms with Gasteiger partial charge in [0.25, 0.3) is 0 Å². The summed E-state index contributed by atoms with van der Waals surface area (Å²) in [6, 6.07) is 34.1. The van der Waals surface area contributed by atoms with Crippen LogP contribution in [0.5, 0.6) is 0 Å². The Balaban J connectivity index is 1.36. The summed E-state index contributed by atoms with van der Waals surface area (Å²) in [7, 11) is 0. The molecule has 7 aromatic rings. The van der Waals surface area contributed by atoms with E-state index < -0.39 is 5.97 Å². The normalized spacial score (nSPS) is 12.1. The summed E-state index contributed by atoms with van der Waals surface area (Å²) in [5.41, 5.74) is 5.76. The Morgan fingerprint density at radius 1 is 0.795 bits per heavy atom. The molecule has 39 heavy (non-hydrogen) atoms. The predicted molar refractivity (Wildman–Crippen MR) is 163 cm³/mol. The minimum Gasteiger partial charge on any atom is -0.477 e. The minimum atomic E-state index is -1.21. The second-order valence-corrected chi connectivity index (χ2v) is 11.7. The Hall–Kier alpha value is -4.70. The van der Waals surface area contributed by atoms with Gasteiger partial charge in [-0.2, -0.15) is 5.26 Å². The van der Waals surface area contributed by atoms with Gasteiger partial charge in [0.2, 0.25) is 0 Å². The number of nitrogens with zero attached hydrogens (tertiary/aromatic N) is 2. The highest BCUT2D eigenvalue weighted by Gasteiger charge is 2.15. The van der Waals surface area contributed by atoms with Crippen molar-refractivity contribution in [3.63, 3.8) is 0 Å². The van der Waals surface area contributed by atoms with Crippen molar-refractivity contribution in [1.29, 1.82) is 5.26 Å². The zero-order chi connectivity index (χ0) is 26.7. The summed E-state index contributed by atoms with van der Waals surface area (Å²) >= 11 is 3.19. The van der Waals surface area contributed by atoms with Crippen LogP contribution in [0.25, 0.3) is 64.4 Å². The second kappa shape index (κ2) is 8.95. The van der Waals surface area contributed by atoms with E-state index in [0.29, 0.717) is 0 Å². The molecule has 0 aliphatic carbocycles. The van der Waals surface area contributed by atoms with Crippen LogP contribution < -0.4 is 0 Å². The summed E-state index contributed by atoms with van der Waals surface area (Å²) in [4.78, 5) is 15.3. The molecule has 0 saturated heterocycles. The van der Waals surface area contributed by atoms with Crippen molar-refractivity contribution in [1.82, 2.24) is 4.40 Å². The maximum atomic E-state index is 11.2. The van der Waals surface area contributed by atoms with Crippen molar-refractivity contribution in [2.45, 2.75) is 6.92 Å². The summed E-state index contributed by atoms with van der Waals surface area (Å²) in [6.07, 6.45) is 1.42. The van der Waals surface area contributed by atoms with Gasteiger partial charge in [0.1, 0.15) is 11.6 Å².